The molecule has 1 rings (SSSR count). The van der Waals surface area contributed by atoms with E-state index in [0.717, 1.165) is 18.8 Å². The second-order valence-electron chi connectivity index (χ2n) is 5.61. The molecule has 0 radical (unpaired) electrons. The Balaban J connectivity index is 2.18. The number of hydrogen-bond acceptors (Lipinski definition) is 2. The van der Waals surface area contributed by atoms with E-state index in [1.54, 1.807) is 0 Å². The van der Waals surface area contributed by atoms with Crippen LogP contribution >= 0.6 is 0 Å². The number of rotatable bonds is 11. The molecule has 0 spiro atoms. The van der Waals surface area contributed by atoms with Crippen molar-refractivity contribution < 1.29 is 0 Å². The molecule has 0 saturated heterocycles. The molecule has 0 unspecified atom stereocenters. The summed E-state index contributed by atoms with van der Waals surface area (Å²) < 4.78 is 0. The van der Waals surface area contributed by atoms with Crippen molar-refractivity contribution in [3.8, 4) is 0 Å². The van der Waals surface area contributed by atoms with Gasteiger partial charge in [0.2, 0.25) is 0 Å². The van der Waals surface area contributed by atoms with Gasteiger partial charge in [-0.3, -0.25) is 0 Å². The van der Waals surface area contributed by atoms with Crippen molar-refractivity contribution in [2.45, 2.75) is 65.2 Å². The van der Waals surface area contributed by atoms with E-state index >= 15 is 0 Å². The number of nitrogens with two attached hydrogens (primary N) is 1. The average molecular weight is 276 g/mol. The van der Waals surface area contributed by atoms with Gasteiger partial charge in [0.05, 0.1) is 11.4 Å². The van der Waals surface area contributed by atoms with Crippen LogP contribution in [0.3, 0.4) is 0 Å². The summed E-state index contributed by atoms with van der Waals surface area (Å²) in [5.74, 6) is 0. The summed E-state index contributed by atoms with van der Waals surface area (Å²) in [6, 6.07) is 8.19. The van der Waals surface area contributed by atoms with Crippen LogP contribution in [-0.4, -0.2) is 13.1 Å². The third-order valence-corrected chi connectivity index (χ3v) is 3.94. The molecule has 0 saturated carbocycles. The van der Waals surface area contributed by atoms with Crippen molar-refractivity contribution in [3.63, 3.8) is 0 Å². The Hall–Kier alpha value is -1.18. The molecule has 0 heterocycles. The van der Waals surface area contributed by atoms with E-state index in [1.807, 2.05) is 12.1 Å². The number of anilines is 2. The smallest absolute Gasteiger partial charge is 0.0599 e. The summed E-state index contributed by atoms with van der Waals surface area (Å²) in [7, 11) is 0. The highest BCUT2D eigenvalue weighted by Crippen LogP contribution is 2.22. The number of para-hydroxylation sites is 2. The van der Waals surface area contributed by atoms with Gasteiger partial charge in [-0.1, -0.05) is 64.0 Å². The lowest BCUT2D eigenvalue weighted by Gasteiger charge is -2.24. The van der Waals surface area contributed by atoms with E-state index in [9.17, 15) is 0 Å². The molecule has 2 N–H and O–H groups in total. The second-order valence-corrected chi connectivity index (χ2v) is 5.61. The van der Waals surface area contributed by atoms with Crippen molar-refractivity contribution in [2.75, 3.05) is 23.7 Å². The van der Waals surface area contributed by atoms with Gasteiger partial charge in [0, 0.05) is 13.1 Å². The van der Waals surface area contributed by atoms with Gasteiger partial charge >= 0.3 is 0 Å². The Bertz CT molecular complexity index is 349. The summed E-state index contributed by atoms with van der Waals surface area (Å²) in [5, 5.41) is 0. The molecule has 0 fully saturated rings. The summed E-state index contributed by atoms with van der Waals surface area (Å²) in [4.78, 5) is 2.40. The van der Waals surface area contributed by atoms with Gasteiger partial charge < -0.3 is 10.6 Å². The Kier molecular flexibility index (Phi) is 8.93. The molecule has 0 bridgehead atoms. The third kappa shape index (κ3) is 6.31. The minimum absolute atomic E-state index is 0.897. The Morgan fingerprint density at radius 1 is 0.850 bits per heavy atom. The Morgan fingerprint density at radius 3 is 2.05 bits per heavy atom. The van der Waals surface area contributed by atoms with E-state index < -0.39 is 0 Å². The van der Waals surface area contributed by atoms with Gasteiger partial charge in [0.25, 0.3) is 0 Å². The minimum atomic E-state index is 0.897. The zero-order valence-corrected chi connectivity index (χ0v) is 13.4. The fourth-order valence-corrected chi connectivity index (χ4v) is 2.66. The van der Waals surface area contributed by atoms with Gasteiger partial charge in [-0.2, -0.15) is 0 Å². The molecule has 1 aromatic carbocycles. The lowest BCUT2D eigenvalue weighted by molar-refractivity contribution is 0.572. The highest BCUT2D eigenvalue weighted by Gasteiger charge is 2.06. The molecule has 2 nitrogen and oxygen atoms in total. The van der Waals surface area contributed by atoms with E-state index in [2.05, 4.69) is 30.9 Å². The normalized spacial score (nSPS) is 10.7. The first-order chi connectivity index (χ1) is 9.79. The maximum absolute atomic E-state index is 6.05. The molecule has 0 aliphatic heterocycles. The molecular weight excluding hydrogens is 244 g/mol. The summed E-state index contributed by atoms with van der Waals surface area (Å²) >= 11 is 0. The zero-order chi connectivity index (χ0) is 14.6. The summed E-state index contributed by atoms with van der Waals surface area (Å²) in [5.41, 5.74) is 8.14. The molecular formula is C18H32N2. The van der Waals surface area contributed by atoms with Crippen molar-refractivity contribution in [3.05, 3.63) is 24.3 Å². The molecule has 0 amide bonds. The first-order valence-corrected chi connectivity index (χ1v) is 8.39. The minimum Gasteiger partial charge on any atom is -0.397 e. The molecule has 20 heavy (non-hydrogen) atoms. The van der Waals surface area contributed by atoms with Crippen molar-refractivity contribution in [1.82, 2.24) is 0 Å². The maximum Gasteiger partial charge on any atom is 0.0599 e. The van der Waals surface area contributed by atoms with Crippen LogP contribution in [0.1, 0.15) is 65.2 Å². The molecule has 0 atom stereocenters. The number of hydrogen-bond donors (Lipinski definition) is 1. The van der Waals surface area contributed by atoms with Crippen LogP contribution in [-0.2, 0) is 0 Å². The van der Waals surface area contributed by atoms with E-state index in [0.29, 0.717) is 0 Å². The van der Waals surface area contributed by atoms with E-state index in [1.165, 1.54) is 57.1 Å². The van der Waals surface area contributed by atoms with Crippen molar-refractivity contribution in [1.29, 1.82) is 0 Å². The second kappa shape index (κ2) is 10.6. The largest absolute Gasteiger partial charge is 0.397 e. The fraction of sp³-hybridized carbons (Fsp3) is 0.667. The lowest BCUT2D eigenvalue weighted by Crippen LogP contribution is -2.24. The van der Waals surface area contributed by atoms with Crippen LogP contribution in [0, 0.1) is 0 Å². The molecule has 114 valence electrons. The first kappa shape index (κ1) is 16.9. The Labute approximate surface area is 125 Å². The van der Waals surface area contributed by atoms with Crippen LogP contribution in [0.4, 0.5) is 11.4 Å². The topological polar surface area (TPSA) is 29.3 Å². The molecule has 2 heteroatoms. The number of benzene rings is 1. The average Bonchev–Trinajstić information content (AvgIpc) is 2.47. The van der Waals surface area contributed by atoms with Crippen molar-refractivity contribution >= 4 is 11.4 Å². The fourth-order valence-electron chi connectivity index (χ4n) is 2.66. The highest BCUT2D eigenvalue weighted by molar-refractivity contribution is 5.67. The monoisotopic (exact) mass is 276 g/mol. The number of nitrogen functional groups attached to an aromatic ring is 1. The van der Waals surface area contributed by atoms with Gasteiger partial charge in [-0.15, -0.1) is 0 Å². The number of nitrogens with zero attached hydrogens (tertiary/aromatic N) is 1. The van der Waals surface area contributed by atoms with Gasteiger partial charge in [-0.05, 0) is 25.5 Å². The molecule has 1 aromatic rings. The van der Waals surface area contributed by atoms with Gasteiger partial charge in [0.1, 0.15) is 0 Å². The SMILES string of the molecule is CCCCCCCCCCN(CC)c1ccccc1N. The van der Waals surface area contributed by atoms with Crippen molar-refractivity contribution in [2.24, 2.45) is 0 Å². The van der Waals surface area contributed by atoms with E-state index in [-0.39, 0.29) is 0 Å². The van der Waals surface area contributed by atoms with Crippen LogP contribution in [0.5, 0.6) is 0 Å². The molecule has 0 aliphatic rings. The zero-order valence-electron chi connectivity index (χ0n) is 13.4. The highest BCUT2D eigenvalue weighted by atomic mass is 15.1. The predicted molar refractivity (Wildman–Crippen MR) is 91.4 cm³/mol. The predicted octanol–water partition coefficient (Wildman–Crippen LogP) is 5.24. The number of unbranched alkanes of at least 4 members (excludes halogenated alkanes) is 7. The summed E-state index contributed by atoms with van der Waals surface area (Å²) in [6.45, 7) is 6.64. The lowest BCUT2D eigenvalue weighted by atomic mass is 10.1. The Morgan fingerprint density at radius 2 is 1.45 bits per heavy atom. The maximum atomic E-state index is 6.05. The van der Waals surface area contributed by atoms with Crippen LogP contribution in [0.25, 0.3) is 0 Å². The van der Waals surface area contributed by atoms with Crippen LogP contribution < -0.4 is 10.6 Å². The molecule has 0 aliphatic carbocycles. The van der Waals surface area contributed by atoms with Crippen LogP contribution in [0.15, 0.2) is 24.3 Å². The summed E-state index contributed by atoms with van der Waals surface area (Å²) in [6.07, 6.45) is 11.0. The quantitative estimate of drug-likeness (QED) is 0.442. The van der Waals surface area contributed by atoms with E-state index in [4.69, 9.17) is 5.73 Å². The van der Waals surface area contributed by atoms with Gasteiger partial charge in [-0.25, -0.2) is 0 Å². The van der Waals surface area contributed by atoms with Crippen LogP contribution in [0.2, 0.25) is 0 Å². The first-order valence-electron chi connectivity index (χ1n) is 8.39. The third-order valence-electron chi connectivity index (χ3n) is 3.94. The van der Waals surface area contributed by atoms with Gasteiger partial charge in [0.15, 0.2) is 0 Å². The standard InChI is InChI=1S/C18H32N2/c1-3-5-6-7-8-9-10-13-16-20(4-2)18-15-12-11-14-17(18)19/h11-12,14-15H,3-10,13,16,19H2,1-2H3. The molecule has 0 aromatic heterocycles.